The summed E-state index contributed by atoms with van der Waals surface area (Å²) in [6.45, 7) is -6.26. The number of carbonyl (C=O) groups is 2. The number of aliphatic hydroxyl groups is 24. The van der Waals surface area contributed by atoms with E-state index >= 15 is 0 Å². The Labute approximate surface area is 536 Å². The number of ether oxygens (including phenoxy) is 15. The molecule has 0 aromatic carbocycles. The zero-order chi connectivity index (χ0) is 69.9. The summed E-state index contributed by atoms with van der Waals surface area (Å²) < 4.78 is 86.6. The molecule has 0 spiro atoms. The van der Waals surface area contributed by atoms with Crippen LogP contribution in [0.25, 0.3) is 0 Å². The molecule has 40 atom stereocenters. The van der Waals surface area contributed by atoms with Gasteiger partial charge in [0.05, 0.1) is 52.9 Å². The fraction of sp³-hybridized carbons (Fsp3) is 0.962. The van der Waals surface area contributed by atoms with Gasteiger partial charge in [0, 0.05) is 13.8 Å². The van der Waals surface area contributed by atoms with Gasteiger partial charge >= 0.3 is 0 Å². The van der Waals surface area contributed by atoms with Crippen LogP contribution in [-0.4, -0.2) is 433 Å². The van der Waals surface area contributed by atoms with Crippen molar-refractivity contribution >= 4 is 11.8 Å². The van der Waals surface area contributed by atoms with E-state index in [9.17, 15) is 132 Å². The topological polar surface area (TPSA) is 682 Å². The number of aliphatic hydroxyl groups excluding tert-OH is 24. The molecule has 0 aromatic heterocycles. The lowest BCUT2D eigenvalue weighted by molar-refractivity contribution is -0.399. The fourth-order valence-electron chi connectivity index (χ4n) is 12.1. The van der Waals surface area contributed by atoms with Crippen molar-refractivity contribution in [3.8, 4) is 0 Å². The molecule has 0 aliphatic carbocycles. The van der Waals surface area contributed by atoms with Crippen molar-refractivity contribution in [2.75, 3.05) is 52.9 Å². The van der Waals surface area contributed by atoms with Crippen molar-refractivity contribution in [2.45, 2.75) is 259 Å². The highest BCUT2D eigenvalue weighted by Gasteiger charge is 2.59. The number of carbonyl (C=O) groups excluding carboxylic acids is 2. The molecule has 552 valence electrons. The van der Waals surface area contributed by atoms with Crippen LogP contribution in [-0.2, 0) is 80.6 Å². The van der Waals surface area contributed by atoms with Crippen LogP contribution < -0.4 is 10.6 Å². The molecule has 0 aromatic rings. The van der Waals surface area contributed by atoms with E-state index in [1.54, 1.807) is 0 Å². The lowest BCUT2D eigenvalue weighted by atomic mass is 9.94. The summed E-state index contributed by atoms with van der Waals surface area (Å²) in [5.41, 5.74) is 0. The summed E-state index contributed by atoms with van der Waals surface area (Å²) in [4.78, 5) is 24.9. The Balaban J connectivity index is 1.12. The first kappa shape index (κ1) is 78.1. The summed E-state index contributed by atoms with van der Waals surface area (Å²) in [7, 11) is 0. The van der Waals surface area contributed by atoms with E-state index in [1.807, 2.05) is 0 Å². The number of nitrogens with one attached hydrogen (secondary N) is 2. The van der Waals surface area contributed by atoms with Gasteiger partial charge in [0.1, 0.15) is 195 Å². The molecule has 8 fully saturated rings. The van der Waals surface area contributed by atoms with E-state index in [0.29, 0.717) is 0 Å². The highest BCUT2D eigenvalue weighted by atomic mass is 16.8. The molecule has 95 heavy (non-hydrogen) atoms. The van der Waals surface area contributed by atoms with Crippen molar-refractivity contribution in [3.05, 3.63) is 0 Å². The molecule has 0 bridgehead atoms. The number of hydrogen-bond donors (Lipinski definition) is 26. The molecule has 43 nitrogen and oxygen atoms in total. The van der Waals surface area contributed by atoms with Crippen LogP contribution >= 0.6 is 0 Å². The van der Waals surface area contributed by atoms with Gasteiger partial charge in [0.2, 0.25) is 11.8 Å². The Morgan fingerprint density at radius 1 is 0.274 bits per heavy atom. The fourth-order valence-corrected chi connectivity index (χ4v) is 12.1. The Kier molecular flexibility index (Phi) is 27.9. The molecular weight excluding hydrogens is 1310 g/mol. The first-order valence-electron chi connectivity index (χ1n) is 30.1. The van der Waals surface area contributed by atoms with E-state index < -0.39 is 310 Å². The lowest BCUT2D eigenvalue weighted by Gasteiger charge is -2.50. The van der Waals surface area contributed by atoms with Gasteiger partial charge in [-0.15, -0.1) is 0 Å². The largest absolute Gasteiger partial charge is 0.394 e. The zero-order valence-corrected chi connectivity index (χ0v) is 50.4. The third kappa shape index (κ3) is 17.0. The Morgan fingerprint density at radius 3 is 1.02 bits per heavy atom. The summed E-state index contributed by atoms with van der Waals surface area (Å²) in [5.74, 6) is -1.68. The first-order valence-corrected chi connectivity index (χ1v) is 30.1. The molecule has 8 saturated heterocycles. The van der Waals surface area contributed by atoms with Gasteiger partial charge in [-0.1, -0.05) is 0 Å². The molecule has 2 amide bonds. The maximum Gasteiger partial charge on any atom is 0.217 e. The molecule has 8 aliphatic heterocycles. The molecule has 26 N–H and O–H groups in total. The molecule has 8 rings (SSSR count). The van der Waals surface area contributed by atoms with Crippen LogP contribution in [0.3, 0.4) is 0 Å². The van der Waals surface area contributed by atoms with Crippen LogP contribution in [0.5, 0.6) is 0 Å². The van der Waals surface area contributed by atoms with Crippen molar-refractivity contribution in [3.63, 3.8) is 0 Å². The standard InChI is InChI=1S/C52H88N2O41/c1-11(61)53-21-29(69)40(17(7-59)83-45(21)80)91-46-22(54-12(2)62)30(70)41(18(8-60)88-46)92-51-39(79)43(94-52-44(34(74)26(66)16(6-58)87-52)95-50-37(77)33(73)25(65)15(5-57)86-50)28(68)20(90-51)10-82-48-38(78)42(93-49-36(76)32(72)24(64)14(4-56)85-49)27(67)19(89-48)9-81-47-35(75)31(71)23(63)13(3-55)84-47/h13-52,55-60,63-80H,3-10H2,1-2H3,(H,53,61)(H,54,62)/t13-,14-,15-,16-,17-,18-,19-,20-,21-,22-,23-,24-,25-,26-,27-,28-,29-,30-,31+,32+,33+,34+,35+,36+,37+,38+,39+,40-,41-,42+,43+,44+,45?,46+,47+,48+,49-,50-,51-,52-/m1/s1. The second-order valence-electron chi connectivity index (χ2n) is 23.9. The van der Waals surface area contributed by atoms with Crippen molar-refractivity contribution in [1.29, 1.82) is 0 Å². The van der Waals surface area contributed by atoms with Gasteiger partial charge < -0.3 is 204 Å². The van der Waals surface area contributed by atoms with Crippen molar-refractivity contribution in [2.24, 2.45) is 0 Å². The smallest absolute Gasteiger partial charge is 0.217 e. The first-order chi connectivity index (χ1) is 44.9. The second kappa shape index (κ2) is 33.9. The quantitative estimate of drug-likeness (QED) is 0.0427. The Bertz CT molecular complexity index is 2380. The van der Waals surface area contributed by atoms with E-state index in [4.69, 9.17) is 71.1 Å². The van der Waals surface area contributed by atoms with E-state index in [2.05, 4.69) is 10.6 Å². The average Bonchev–Trinajstić information content (AvgIpc) is 0.778. The van der Waals surface area contributed by atoms with Gasteiger partial charge in [-0.05, 0) is 0 Å². The summed E-state index contributed by atoms with van der Waals surface area (Å²) in [6, 6.07) is -3.49. The van der Waals surface area contributed by atoms with E-state index in [-0.39, 0.29) is 0 Å². The minimum absolute atomic E-state index is 0.766. The SMILES string of the molecule is CC(=O)N[C@H]1[C@H](O[C@H]2[C@H](O)[C@@H](NC(C)=O)C(O)O[C@@H]2CO)O[C@H](CO)[C@@H](O[C@H]2O[C@H](CO[C@H]3O[C@H](CO[C@H]4O[C@H](CO)[C@@H](O)[C@H](O)[C@@H]4O)[C@@H](O)[C@H](O[C@H]4O[C@H](CO)[C@@H](O)[C@H](O)[C@@H]4O)[C@@H]3O)[C@@H](O)[C@H](O[C@H]3O[C@H](CO)[C@@H](O)[C@H](O)[C@@H]3O[C@H]3O[C@H](CO)[C@@H](O)[C@H](O)[C@@H]3O)[C@@H]2O)[C@@H]1O. The summed E-state index contributed by atoms with van der Waals surface area (Å²) >= 11 is 0. The van der Waals surface area contributed by atoms with Crippen LogP contribution in [0, 0.1) is 0 Å². The van der Waals surface area contributed by atoms with E-state index in [0.717, 1.165) is 13.8 Å². The average molecular weight is 1400 g/mol. The third-order valence-corrected chi connectivity index (χ3v) is 17.4. The monoisotopic (exact) mass is 1400 g/mol. The van der Waals surface area contributed by atoms with Crippen LogP contribution in [0.15, 0.2) is 0 Å². The maximum absolute atomic E-state index is 12.8. The predicted molar refractivity (Wildman–Crippen MR) is 288 cm³/mol. The number of amides is 2. The Hall–Kier alpha value is -2.62. The summed E-state index contributed by atoms with van der Waals surface area (Å²) in [5, 5.41) is 266. The second-order valence-corrected chi connectivity index (χ2v) is 23.9. The molecule has 8 heterocycles. The number of hydrogen-bond acceptors (Lipinski definition) is 41. The third-order valence-electron chi connectivity index (χ3n) is 17.4. The molecule has 1 unspecified atom stereocenters. The van der Waals surface area contributed by atoms with Crippen LogP contribution in [0.1, 0.15) is 13.8 Å². The molecule has 0 radical (unpaired) electrons. The number of rotatable bonds is 24. The van der Waals surface area contributed by atoms with Gasteiger partial charge in [-0.2, -0.15) is 0 Å². The van der Waals surface area contributed by atoms with E-state index in [1.165, 1.54) is 0 Å². The van der Waals surface area contributed by atoms with Crippen LogP contribution in [0.4, 0.5) is 0 Å². The minimum atomic E-state index is -2.49. The van der Waals surface area contributed by atoms with Crippen molar-refractivity contribution < 1.29 is 203 Å². The lowest BCUT2D eigenvalue weighted by Crippen LogP contribution is -2.70. The van der Waals surface area contributed by atoms with Gasteiger partial charge in [0.15, 0.2) is 50.3 Å². The predicted octanol–water partition coefficient (Wildman–Crippen LogP) is -18.2. The molecule has 43 heteroatoms. The highest BCUT2D eigenvalue weighted by Crippen LogP contribution is 2.38. The minimum Gasteiger partial charge on any atom is -0.394 e. The molecular formula is C52H88N2O41. The van der Waals surface area contributed by atoms with Crippen LogP contribution in [0.2, 0.25) is 0 Å². The van der Waals surface area contributed by atoms with Gasteiger partial charge in [-0.3, -0.25) is 9.59 Å². The van der Waals surface area contributed by atoms with Crippen molar-refractivity contribution in [1.82, 2.24) is 10.6 Å². The Morgan fingerprint density at radius 2 is 0.568 bits per heavy atom. The summed E-state index contributed by atoms with van der Waals surface area (Å²) in [6.07, 6.45) is -77.9. The van der Waals surface area contributed by atoms with Gasteiger partial charge in [-0.25, -0.2) is 0 Å². The molecule has 8 aliphatic rings. The zero-order valence-electron chi connectivity index (χ0n) is 50.4. The maximum atomic E-state index is 12.8. The van der Waals surface area contributed by atoms with Gasteiger partial charge in [0.25, 0.3) is 0 Å². The highest BCUT2D eigenvalue weighted by molar-refractivity contribution is 5.73. The molecule has 0 saturated carbocycles. The normalized spacial score (nSPS) is 50.8.